The fourth-order valence-corrected chi connectivity index (χ4v) is 2.26. The maximum atomic E-state index is 12.0. The number of hydrogen-bond donors (Lipinski definition) is 3. The van der Waals surface area contributed by atoms with E-state index in [1.54, 1.807) is 43.5 Å². The average Bonchev–Trinajstić information content (AvgIpc) is 2.56. The molecule has 0 aliphatic heterocycles. The van der Waals surface area contributed by atoms with Crippen molar-refractivity contribution in [3.05, 3.63) is 54.1 Å². The second kappa shape index (κ2) is 8.73. The van der Waals surface area contributed by atoms with E-state index in [4.69, 9.17) is 4.74 Å². The zero-order valence-corrected chi connectivity index (χ0v) is 14.6. The van der Waals surface area contributed by atoms with Gasteiger partial charge in [-0.25, -0.2) is 4.79 Å². The first-order chi connectivity index (χ1) is 12.0. The SMILES string of the molecule is COc1cccc(NC(=O)Nc2ccc(CC(=O)NC(C)C)cc2)c1. The molecule has 25 heavy (non-hydrogen) atoms. The Hall–Kier alpha value is -3.02. The number of carbonyl (C=O) groups is 2. The van der Waals surface area contributed by atoms with Crippen LogP contribution >= 0.6 is 0 Å². The molecule has 0 atom stereocenters. The molecule has 0 unspecified atom stereocenters. The highest BCUT2D eigenvalue weighted by Crippen LogP contribution is 2.17. The van der Waals surface area contributed by atoms with Crippen LogP contribution in [0.3, 0.4) is 0 Å². The van der Waals surface area contributed by atoms with Gasteiger partial charge in [0.15, 0.2) is 0 Å². The van der Waals surface area contributed by atoms with Crippen LogP contribution in [0.5, 0.6) is 5.75 Å². The summed E-state index contributed by atoms with van der Waals surface area (Å²) in [5.74, 6) is 0.647. The molecule has 6 nitrogen and oxygen atoms in total. The zero-order chi connectivity index (χ0) is 18.2. The molecule has 0 bridgehead atoms. The molecule has 0 spiro atoms. The summed E-state index contributed by atoms with van der Waals surface area (Å²) in [7, 11) is 1.57. The van der Waals surface area contributed by atoms with Gasteiger partial charge >= 0.3 is 6.03 Å². The van der Waals surface area contributed by atoms with E-state index in [1.165, 1.54) is 0 Å². The number of benzene rings is 2. The Kier molecular flexibility index (Phi) is 6.39. The molecule has 2 aromatic rings. The van der Waals surface area contributed by atoms with Crippen LogP contribution in [0.15, 0.2) is 48.5 Å². The monoisotopic (exact) mass is 341 g/mol. The van der Waals surface area contributed by atoms with Crippen molar-refractivity contribution in [2.75, 3.05) is 17.7 Å². The maximum Gasteiger partial charge on any atom is 0.323 e. The van der Waals surface area contributed by atoms with Crippen molar-refractivity contribution in [1.82, 2.24) is 5.32 Å². The summed E-state index contributed by atoms with van der Waals surface area (Å²) in [4.78, 5) is 23.8. The smallest absolute Gasteiger partial charge is 0.323 e. The van der Waals surface area contributed by atoms with Crippen LogP contribution in [0, 0.1) is 0 Å². The minimum Gasteiger partial charge on any atom is -0.497 e. The Morgan fingerprint density at radius 3 is 2.32 bits per heavy atom. The predicted octanol–water partition coefficient (Wildman–Crippen LogP) is 3.41. The normalized spacial score (nSPS) is 10.2. The van der Waals surface area contributed by atoms with Gasteiger partial charge in [-0.3, -0.25) is 4.79 Å². The number of nitrogens with one attached hydrogen (secondary N) is 3. The van der Waals surface area contributed by atoms with Crippen LogP contribution in [0.4, 0.5) is 16.2 Å². The summed E-state index contributed by atoms with van der Waals surface area (Å²) in [6, 6.07) is 14.1. The van der Waals surface area contributed by atoms with Crippen LogP contribution in [0.2, 0.25) is 0 Å². The van der Waals surface area contributed by atoms with Crippen LogP contribution < -0.4 is 20.7 Å². The quantitative estimate of drug-likeness (QED) is 0.753. The fourth-order valence-electron chi connectivity index (χ4n) is 2.26. The third-order valence-corrected chi connectivity index (χ3v) is 3.35. The molecule has 2 aromatic carbocycles. The van der Waals surface area contributed by atoms with E-state index in [1.807, 2.05) is 26.0 Å². The van der Waals surface area contributed by atoms with Gasteiger partial charge in [0.05, 0.1) is 13.5 Å². The minimum absolute atomic E-state index is 0.0218. The molecule has 2 rings (SSSR count). The van der Waals surface area contributed by atoms with E-state index in [-0.39, 0.29) is 18.0 Å². The average molecular weight is 341 g/mol. The van der Waals surface area contributed by atoms with Gasteiger partial charge in [0, 0.05) is 23.5 Å². The number of ether oxygens (including phenoxy) is 1. The predicted molar refractivity (Wildman–Crippen MR) is 99.1 cm³/mol. The van der Waals surface area contributed by atoms with Gasteiger partial charge in [0.25, 0.3) is 0 Å². The second-order valence-electron chi connectivity index (χ2n) is 5.91. The van der Waals surface area contributed by atoms with E-state index < -0.39 is 0 Å². The number of urea groups is 1. The lowest BCUT2D eigenvalue weighted by molar-refractivity contribution is -0.120. The molecule has 132 valence electrons. The van der Waals surface area contributed by atoms with Crippen molar-refractivity contribution in [3.8, 4) is 5.75 Å². The summed E-state index contributed by atoms with van der Waals surface area (Å²) in [5.41, 5.74) is 2.17. The Labute approximate surface area is 147 Å². The number of anilines is 2. The van der Waals surface area contributed by atoms with Crippen LogP contribution in [-0.4, -0.2) is 25.1 Å². The van der Waals surface area contributed by atoms with Crippen molar-refractivity contribution in [2.24, 2.45) is 0 Å². The summed E-state index contributed by atoms with van der Waals surface area (Å²) in [6.07, 6.45) is 0.314. The van der Waals surface area contributed by atoms with Gasteiger partial charge in [-0.15, -0.1) is 0 Å². The molecule has 0 saturated heterocycles. The van der Waals surface area contributed by atoms with Gasteiger partial charge in [-0.05, 0) is 43.7 Å². The Balaban J connectivity index is 1.89. The minimum atomic E-state index is -0.349. The van der Waals surface area contributed by atoms with Crippen molar-refractivity contribution in [3.63, 3.8) is 0 Å². The molecular formula is C19H23N3O3. The van der Waals surface area contributed by atoms with Gasteiger partial charge in [-0.2, -0.15) is 0 Å². The summed E-state index contributed by atoms with van der Waals surface area (Å²) in [6.45, 7) is 3.84. The first-order valence-electron chi connectivity index (χ1n) is 8.06. The number of methoxy groups -OCH3 is 1. The van der Waals surface area contributed by atoms with Crippen molar-refractivity contribution >= 4 is 23.3 Å². The lowest BCUT2D eigenvalue weighted by atomic mass is 10.1. The number of carbonyl (C=O) groups excluding carboxylic acids is 2. The topological polar surface area (TPSA) is 79.5 Å². The highest BCUT2D eigenvalue weighted by atomic mass is 16.5. The first kappa shape index (κ1) is 18.3. The highest BCUT2D eigenvalue weighted by Gasteiger charge is 2.06. The first-order valence-corrected chi connectivity index (χ1v) is 8.06. The van der Waals surface area contributed by atoms with Crippen molar-refractivity contribution < 1.29 is 14.3 Å². The molecule has 0 fully saturated rings. The van der Waals surface area contributed by atoms with E-state index in [9.17, 15) is 9.59 Å². The van der Waals surface area contributed by atoms with Gasteiger partial charge in [0.2, 0.25) is 5.91 Å². The molecule has 6 heteroatoms. The molecule has 0 heterocycles. The number of rotatable bonds is 6. The maximum absolute atomic E-state index is 12.0. The Morgan fingerprint density at radius 1 is 1.00 bits per heavy atom. The van der Waals surface area contributed by atoms with E-state index in [0.717, 1.165) is 5.56 Å². The largest absolute Gasteiger partial charge is 0.497 e. The molecule has 0 aliphatic rings. The standard InChI is InChI=1S/C19H23N3O3/c1-13(2)20-18(23)11-14-7-9-15(10-8-14)21-19(24)22-16-5-4-6-17(12-16)25-3/h4-10,12-13H,11H2,1-3H3,(H,20,23)(H2,21,22,24). The Morgan fingerprint density at radius 2 is 1.68 bits per heavy atom. The van der Waals surface area contributed by atoms with Crippen LogP contribution in [-0.2, 0) is 11.2 Å². The van der Waals surface area contributed by atoms with Crippen LogP contribution in [0.25, 0.3) is 0 Å². The van der Waals surface area contributed by atoms with E-state index in [2.05, 4.69) is 16.0 Å². The molecule has 3 amide bonds. The molecule has 0 saturated carbocycles. The van der Waals surface area contributed by atoms with E-state index >= 15 is 0 Å². The zero-order valence-electron chi connectivity index (χ0n) is 14.6. The lowest BCUT2D eigenvalue weighted by Gasteiger charge is -2.10. The highest BCUT2D eigenvalue weighted by molar-refractivity contribution is 5.99. The molecular weight excluding hydrogens is 318 g/mol. The van der Waals surface area contributed by atoms with Crippen LogP contribution in [0.1, 0.15) is 19.4 Å². The second-order valence-corrected chi connectivity index (χ2v) is 5.91. The van der Waals surface area contributed by atoms with Gasteiger partial charge < -0.3 is 20.7 Å². The molecule has 0 aliphatic carbocycles. The van der Waals surface area contributed by atoms with Gasteiger partial charge in [0.1, 0.15) is 5.75 Å². The number of amides is 3. The third kappa shape index (κ3) is 6.18. The summed E-state index contributed by atoms with van der Waals surface area (Å²) >= 11 is 0. The summed E-state index contributed by atoms with van der Waals surface area (Å²) < 4.78 is 5.12. The third-order valence-electron chi connectivity index (χ3n) is 3.35. The summed E-state index contributed by atoms with van der Waals surface area (Å²) in [5, 5.41) is 8.33. The lowest BCUT2D eigenvalue weighted by Crippen LogP contribution is -2.31. The van der Waals surface area contributed by atoms with Crippen molar-refractivity contribution in [2.45, 2.75) is 26.3 Å². The van der Waals surface area contributed by atoms with Crippen molar-refractivity contribution in [1.29, 1.82) is 0 Å². The van der Waals surface area contributed by atoms with E-state index in [0.29, 0.717) is 23.5 Å². The molecule has 0 radical (unpaired) electrons. The molecule has 0 aromatic heterocycles. The fraction of sp³-hybridized carbons (Fsp3) is 0.263. The van der Waals surface area contributed by atoms with Gasteiger partial charge in [-0.1, -0.05) is 18.2 Å². The Bertz CT molecular complexity index is 727. The number of hydrogen-bond acceptors (Lipinski definition) is 3. The molecule has 3 N–H and O–H groups in total.